The minimum absolute atomic E-state index is 0.446. The van der Waals surface area contributed by atoms with Gasteiger partial charge in [-0.1, -0.05) is 91.0 Å². The Labute approximate surface area is 192 Å². The van der Waals surface area contributed by atoms with Gasteiger partial charge in [0, 0.05) is 0 Å². The first-order valence-corrected chi connectivity index (χ1v) is 11.0. The number of halogens is 6. The largest absolute Gasteiger partial charge is 0.476 e. The Bertz CT molecular complexity index is 1050. The Hall–Kier alpha value is -3.32. The maximum atomic E-state index is 12.9. The number of rotatable bonds is 4. The van der Waals surface area contributed by atoms with E-state index in [0.29, 0.717) is 0 Å². The fourth-order valence-corrected chi connectivity index (χ4v) is 5.30. The summed E-state index contributed by atoms with van der Waals surface area (Å²) in [5.41, 5.74) is 0. The molecule has 34 heavy (non-hydrogen) atoms. The molecule has 10 heteroatoms. The number of benzene rings is 3. The number of carbonyl (C=O) groups is 1. The Kier molecular flexibility index (Phi) is 7.36. The van der Waals surface area contributed by atoms with Crippen LogP contribution in [0.15, 0.2) is 103 Å². The number of hydrogen-bond donors (Lipinski definition) is 1. The maximum absolute atomic E-state index is 12.9. The summed E-state index contributed by atoms with van der Waals surface area (Å²) >= 11 is 0. The van der Waals surface area contributed by atoms with E-state index in [-0.39, 0.29) is 0 Å². The number of alkyl halides is 5. The van der Waals surface area contributed by atoms with Crippen molar-refractivity contribution in [3.05, 3.63) is 103 Å². The molecule has 1 heterocycles. The predicted octanol–water partition coefficient (Wildman–Crippen LogP) is 5.29. The van der Waals surface area contributed by atoms with Crippen LogP contribution in [0, 0.1) is 0 Å². The normalized spacial score (nSPS) is 20.4. The van der Waals surface area contributed by atoms with Crippen LogP contribution in [0.2, 0.25) is 0 Å². The van der Waals surface area contributed by atoms with Crippen molar-refractivity contribution in [1.82, 2.24) is 0 Å². The van der Waals surface area contributed by atoms with Crippen molar-refractivity contribution in [3.63, 3.8) is 0 Å². The van der Waals surface area contributed by atoms with Gasteiger partial charge in [-0.3, -0.25) is 0 Å². The van der Waals surface area contributed by atoms with Crippen LogP contribution in [-0.2, 0) is 9.53 Å². The van der Waals surface area contributed by atoms with Crippen LogP contribution in [-0.4, -0.2) is 28.8 Å². The summed E-state index contributed by atoms with van der Waals surface area (Å²) in [6, 6.07) is 32.3. The van der Waals surface area contributed by atoms with E-state index in [1.54, 1.807) is 0 Å². The molecule has 0 bridgehead atoms. The van der Waals surface area contributed by atoms with Crippen LogP contribution in [0.5, 0.6) is 0 Å². The van der Waals surface area contributed by atoms with Gasteiger partial charge < -0.3 is 9.84 Å². The molecule has 3 aromatic carbocycles. The Balaban J connectivity index is 0.000000197. The summed E-state index contributed by atoms with van der Waals surface area (Å²) in [5.74, 6) is -22.1. The van der Waals surface area contributed by atoms with E-state index in [0.717, 1.165) is 0 Å². The lowest BCUT2D eigenvalue weighted by molar-refractivity contribution is -0.332. The molecule has 0 radical (unpaired) electrons. The summed E-state index contributed by atoms with van der Waals surface area (Å²) in [6.45, 7) is 0. The van der Waals surface area contributed by atoms with Crippen molar-refractivity contribution >= 4 is 29.8 Å². The van der Waals surface area contributed by atoms with Gasteiger partial charge in [0.1, 0.15) is 6.26 Å². The van der Waals surface area contributed by atoms with Crippen molar-refractivity contribution in [2.45, 2.75) is 17.7 Å². The fraction of sp³-hybridized carbons (Fsp3) is 0.125. The van der Waals surface area contributed by atoms with Crippen molar-refractivity contribution in [2.75, 3.05) is 0 Å². The van der Waals surface area contributed by atoms with Gasteiger partial charge in [-0.05, 0) is 23.8 Å². The third kappa shape index (κ3) is 4.66. The van der Waals surface area contributed by atoms with Gasteiger partial charge >= 0.3 is 23.7 Å². The van der Waals surface area contributed by atoms with E-state index < -0.39 is 43.7 Å². The van der Waals surface area contributed by atoms with Gasteiger partial charge in [0.25, 0.3) is 0 Å². The topological polar surface area (TPSA) is 46.5 Å². The highest BCUT2D eigenvalue weighted by atomic mass is 31.1. The first-order valence-electron chi connectivity index (χ1n) is 9.69. The van der Waals surface area contributed by atoms with Crippen molar-refractivity contribution in [3.8, 4) is 0 Å². The molecular weight excluding hydrogens is 481 g/mol. The standard InChI is InChI=1S/C18H15P.C6H2F6O3/c1-4-10-16(11-5-1)19(17-12-6-2-7-13-17)18-14-8-3-9-15-18;7-2-1-15-5(10,3(13)14)6(11,12)4(2,8)9/h1-15H;1H,(H,13,14). The highest BCUT2D eigenvalue weighted by Crippen LogP contribution is 2.52. The molecule has 4 rings (SSSR count). The summed E-state index contributed by atoms with van der Waals surface area (Å²) in [7, 11) is -0.446. The van der Waals surface area contributed by atoms with Gasteiger partial charge in [-0.15, -0.1) is 0 Å². The van der Waals surface area contributed by atoms with Crippen molar-refractivity contribution in [2.24, 2.45) is 0 Å². The molecule has 1 N–H and O–H groups in total. The Morgan fingerprint density at radius 3 is 1.38 bits per heavy atom. The highest BCUT2D eigenvalue weighted by Gasteiger charge is 2.80. The summed E-state index contributed by atoms with van der Waals surface area (Å²) in [6.07, 6.45) is -0.689. The average Bonchev–Trinajstić information content (AvgIpc) is 2.84. The molecule has 0 saturated carbocycles. The molecule has 0 spiro atoms. The Morgan fingerprint density at radius 1 is 0.706 bits per heavy atom. The van der Waals surface area contributed by atoms with Crippen LogP contribution in [0.4, 0.5) is 26.3 Å². The third-order valence-corrected chi connectivity index (χ3v) is 7.18. The van der Waals surface area contributed by atoms with Gasteiger partial charge in [-0.2, -0.15) is 22.0 Å². The third-order valence-electron chi connectivity index (χ3n) is 4.74. The van der Waals surface area contributed by atoms with E-state index in [1.807, 2.05) is 0 Å². The predicted molar refractivity (Wildman–Crippen MR) is 117 cm³/mol. The SMILES string of the molecule is O=C(O)C1(F)OC=C(F)C(F)(F)C1(F)F.c1ccc(P(c2ccccc2)c2ccccc2)cc1. The Morgan fingerprint density at radius 2 is 1.06 bits per heavy atom. The molecule has 0 aliphatic carbocycles. The molecule has 1 aliphatic rings. The van der Waals surface area contributed by atoms with Crippen molar-refractivity contribution in [1.29, 1.82) is 0 Å². The molecule has 0 fully saturated rings. The number of aliphatic carboxylic acids is 1. The molecule has 178 valence electrons. The zero-order chi connectivity index (χ0) is 25.0. The monoisotopic (exact) mass is 498 g/mol. The highest BCUT2D eigenvalue weighted by molar-refractivity contribution is 7.79. The van der Waals surface area contributed by atoms with Crippen LogP contribution in [0.1, 0.15) is 0 Å². The average molecular weight is 498 g/mol. The molecule has 0 aromatic heterocycles. The summed E-state index contributed by atoms with van der Waals surface area (Å²) in [5, 5.41) is 12.2. The zero-order valence-electron chi connectivity index (χ0n) is 17.2. The molecule has 3 aromatic rings. The molecule has 1 aliphatic heterocycles. The second-order valence-electron chi connectivity index (χ2n) is 6.97. The number of ether oxygens (including phenoxy) is 1. The lowest BCUT2D eigenvalue weighted by Gasteiger charge is -2.36. The van der Waals surface area contributed by atoms with E-state index in [1.165, 1.54) is 15.9 Å². The van der Waals surface area contributed by atoms with Crippen LogP contribution < -0.4 is 15.9 Å². The zero-order valence-corrected chi connectivity index (χ0v) is 18.1. The fourth-order valence-electron chi connectivity index (χ4n) is 3.00. The smallest absolute Gasteiger partial charge is 0.415 e. The summed E-state index contributed by atoms with van der Waals surface area (Å²) < 4.78 is 78.4. The maximum Gasteiger partial charge on any atom is 0.415 e. The molecule has 1 atom stereocenters. The van der Waals surface area contributed by atoms with E-state index in [9.17, 15) is 31.1 Å². The second kappa shape index (κ2) is 9.89. The first-order chi connectivity index (χ1) is 16.0. The number of carboxylic acid groups (broad SMARTS) is 1. The van der Waals surface area contributed by atoms with E-state index >= 15 is 0 Å². The van der Waals surface area contributed by atoms with Crippen LogP contribution >= 0.6 is 7.92 Å². The second-order valence-corrected chi connectivity index (χ2v) is 9.19. The van der Waals surface area contributed by atoms with Gasteiger partial charge in [-0.25, -0.2) is 9.18 Å². The summed E-state index contributed by atoms with van der Waals surface area (Å²) in [4.78, 5) is 10.0. The minimum Gasteiger partial charge on any atom is -0.476 e. The molecule has 0 saturated heterocycles. The van der Waals surface area contributed by atoms with E-state index in [4.69, 9.17) is 5.11 Å². The quantitative estimate of drug-likeness (QED) is 0.393. The molecule has 1 unspecified atom stereocenters. The van der Waals surface area contributed by atoms with Gasteiger partial charge in [0.15, 0.2) is 0 Å². The molecule has 3 nitrogen and oxygen atoms in total. The number of carboxylic acids is 1. The van der Waals surface area contributed by atoms with Crippen LogP contribution in [0.25, 0.3) is 0 Å². The van der Waals surface area contributed by atoms with Crippen molar-refractivity contribution < 1.29 is 41.0 Å². The first kappa shape index (κ1) is 25.3. The number of allylic oxidation sites excluding steroid dienone is 1. The molecular formula is C24H17F6O3P. The van der Waals surface area contributed by atoms with Crippen LogP contribution in [0.3, 0.4) is 0 Å². The van der Waals surface area contributed by atoms with Gasteiger partial charge in [0.2, 0.25) is 5.83 Å². The number of hydrogen-bond acceptors (Lipinski definition) is 2. The lowest BCUT2D eigenvalue weighted by Crippen LogP contribution is -2.63. The lowest BCUT2D eigenvalue weighted by atomic mass is 10.0. The van der Waals surface area contributed by atoms with Gasteiger partial charge in [0.05, 0.1) is 0 Å². The minimum atomic E-state index is -5.84. The molecule has 0 amide bonds. The van der Waals surface area contributed by atoms with E-state index in [2.05, 4.69) is 95.7 Å².